The van der Waals surface area contributed by atoms with Crippen LogP contribution in [0.15, 0.2) is 12.4 Å². The van der Waals surface area contributed by atoms with Crippen LogP contribution >= 0.6 is 12.2 Å². The SMILES string of the molecule is CCC1(n2cc[nH]c2=S)CCC1. The molecule has 1 saturated carbocycles. The van der Waals surface area contributed by atoms with Crippen molar-refractivity contribution in [1.29, 1.82) is 0 Å². The van der Waals surface area contributed by atoms with Crippen molar-refractivity contribution in [2.75, 3.05) is 0 Å². The van der Waals surface area contributed by atoms with E-state index in [2.05, 4.69) is 22.7 Å². The Morgan fingerprint density at radius 3 is 2.75 bits per heavy atom. The Labute approximate surface area is 77.6 Å². The Morgan fingerprint density at radius 1 is 1.67 bits per heavy atom. The molecule has 66 valence electrons. The Kier molecular flexibility index (Phi) is 1.83. The molecule has 0 aliphatic heterocycles. The molecule has 12 heavy (non-hydrogen) atoms. The summed E-state index contributed by atoms with van der Waals surface area (Å²) in [5.41, 5.74) is 0.358. The first-order valence-electron chi connectivity index (χ1n) is 4.55. The molecule has 0 unspecified atom stereocenters. The molecule has 0 amide bonds. The first-order valence-corrected chi connectivity index (χ1v) is 4.96. The van der Waals surface area contributed by atoms with Gasteiger partial charge in [0.2, 0.25) is 0 Å². The van der Waals surface area contributed by atoms with Gasteiger partial charge < -0.3 is 9.55 Å². The van der Waals surface area contributed by atoms with Gasteiger partial charge in [0, 0.05) is 17.9 Å². The number of hydrogen-bond acceptors (Lipinski definition) is 1. The van der Waals surface area contributed by atoms with Crippen LogP contribution in [0.25, 0.3) is 0 Å². The maximum Gasteiger partial charge on any atom is 0.177 e. The number of nitrogens with one attached hydrogen (secondary N) is 1. The fraction of sp³-hybridized carbons (Fsp3) is 0.667. The van der Waals surface area contributed by atoms with Crippen LogP contribution < -0.4 is 0 Å². The Balaban J connectivity index is 2.40. The number of H-pyrrole nitrogens is 1. The number of aromatic nitrogens is 2. The van der Waals surface area contributed by atoms with Gasteiger partial charge in [0.05, 0.1) is 0 Å². The normalized spacial score (nSPS) is 20.4. The molecule has 3 heteroatoms. The van der Waals surface area contributed by atoms with Crippen molar-refractivity contribution >= 4 is 12.2 Å². The summed E-state index contributed by atoms with van der Waals surface area (Å²) in [7, 11) is 0. The van der Waals surface area contributed by atoms with Crippen LogP contribution in [0, 0.1) is 4.77 Å². The van der Waals surface area contributed by atoms with Gasteiger partial charge in [0.15, 0.2) is 4.77 Å². The average Bonchev–Trinajstić information content (AvgIpc) is 2.36. The summed E-state index contributed by atoms with van der Waals surface area (Å²) in [5.74, 6) is 0. The molecular weight excluding hydrogens is 168 g/mol. The molecule has 2 nitrogen and oxygen atoms in total. The summed E-state index contributed by atoms with van der Waals surface area (Å²) >= 11 is 5.21. The fourth-order valence-corrected chi connectivity index (χ4v) is 2.37. The number of hydrogen-bond donors (Lipinski definition) is 1. The zero-order valence-corrected chi connectivity index (χ0v) is 8.16. The van der Waals surface area contributed by atoms with Crippen molar-refractivity contribution in [1.82, 2.24) is 9.55 Å². The first-order chi connectivity index (χ1) is 5.78. The van der Waals surface area contributed by atoms with E-state index in [0.29, 0.717) is 5.54 Å². The largest absolute Gasteiger partial charge is 0.337 e. The standard InChI is InChI=1S/C9H14N2S/c1-2-9(4-3-5-9)11-7-6-10-8(11)12/h6-7H,2-5H2,1H3,(H,10,12). The number of imidazole rings is 1. The van der Waals surface area contributed by atoms with Crippen molar-refractivity contribution in [2.45, 2.75) is 38.1 Å². The molecule has 0 saturated heterocycles. The lowest BCUT2D eigenvalue weighted by Gasteiger charge is -2.42. The van der Waals surface area contributed by atoms with Gasteiger partial charge >= 0.3 is 0 Å². The quantitative estimate of drug-likeness (QED) is 0.697. The fourth-order valence-electron chi connectivity index (χ4n) is 2.04. The predicted molar refractivity (Wildman–Crippen MR) is 51.7 cm³/mol. The van der Waals surface area contributed by atoms with Crippen molar-refractivity contribution in [3.8, 4) is 0 Å². The highest BCUT2D eigenvalue weighted by Crippen LogP contribution is 2.41. The van der Waals surface area contributed by atoms with E-state index in [1.165, 1.54) is 25.7 Å². The van der Waals surface area contributed by atoms with Gasteiger partial charge in [-0.2, -0.15) is 0 Å². The Morgan fingerprint density at radius 2 is 2.42 bits per heavy atom. The molecule has 1 aliphatic rings. The van der Waals surface area contributed by atoms with Crippen LogP contribution in [0.4, 0.5) is 0 Å². The smallest absolute Gasteiger partial charge is 0.177 e. The summed E-state index contributed by atoms with van der Waals surface area (Å²) < 4.78 is 3.10. The molecule has 0 bridgehead atoms. The molecule has 0 spiro atoms. The summed E-state index contributed by atoms with van der Waals surface area (Å²) in [6.07, 6.45) is 9.12. The monoisotopic (exact) mass is 182 g/mol. The highest BCUT2D eigenvalue weighted by Gasteiger charge is 2.36. The Bertz CT molecular complexity index is 314. The molecule has 1 aliphatic carbocycles. The average molecular weight is 182 g/mol. The maximum atomic E-state index is 5.21. The van der Waals surface area contributed by atoms with E-state index in [9.17, 15) is 0 Å². The molecule has 1 heterocycles. The highest BCUT2D eigenvalue weighted by molar-refractivity contribution is 7.71. The zero-order chi connectivity index (χ0) is 8.60. The summed E-state index contributed by atoms with van der Waals surface area (Å²) in [6.45, 7) is 2.24. The zero-order valence-electron chi connectivity index (χ0n) is 7.34. The molecule has 1 N–H and O–H groups in total. The second kappa shape index (κ2) is 2.73. The maximum absolute atomic E-state index is 5.21. The van der Waals surface area contributed by atoms with Gasteiger partial charge in [-0.3, -0.25) is 0 Å². The van der Waals surface area contributed by atoms with E-state index in [1.54, 1.807) is 0 Å². The Hall–Kier alpha value is -0.570. The topological polar surface area (TPSA) is 20.7 Å². The third-order valence-corrected chi connectivity index (χ3v) is 3.42. The molecular formula is C9H14N2S. The van der Waals surface area contributed by atoms with E-state index in [0.717, 1.165) is 4.77 Å². The van der Waals surface area contributed by atoms with E-state index < -0.39 is 0 Å². The van der Waals surface area contributed by atoms with Gasteiger partial charge in [-0.25, -0.2) is 0 Å². The van der Waals surface area contributed by atoms with E-state index in [-0.39, 0.29) is 0 Å². The van der Waals surface area contributed by atoms with Crippen LogP contribution in [-0.2, 0) is 5.54 Å². The summed E-state index contributed by atoms with van der Waals surface area (Å²) in [5, 5.41) is 0. The number of nitrogens with zero attached hydrogens (tertiary/aromatic N) is 1. The third-order valence-electron chi connectivity index (χ3n) is 3.10. The minimum absolute atomic E-state index is 0.358. The second-order valence-electron chi connectivity index (χ2n) is 3.57. The van der Waals surface area contributed by atoms with Crippen LogP contribution in [0.1, 0.15) is 32.6 Å². The van der Waals surface area contributed by atoms with E-state index >= 15 is 0 Å². The van der Waals surface area contributed by atoms with Gasteiger partial charge in [0.25, 0.3) is 0 Å². The minimum Gasteiger partial charge on any atom is -0.337 e. The predicted octanol–water partition coefficient (Wildman–Crippen LogP) is 2.83. The minimum atomic E-state index is 0.358. The molecule has 1 fully saturated rings. The summed E-state index contributed by atoms with van der Waals surface area (Å²) in [6, 6.07) is 0. The lowest BCUT2D eigenvalue weighted by molar-refractivity contribution is 0.134. The lowest BCUT2D eigenvalue weighted by Crippen LogP contribution is -2.39. The van der Waals surface area contributed by atoms with Crippen molar-refractivity contribution < 1.29 is 0 Å². The van der Waals surface area contributed by atoms with Gasteiger partial charge in [-0.1, -0.05) is 6.92 Å². The van der Waals surface area contributed by atoms with E-state index in [1.807, 2.05) is 6.20 Å². The lowest BCUT2D eigenvalue weighted by atomic mass is 9.74. The van der Waals surface area contributed by atoms with Crippen molar-refractivity contribution in [3.05, 3.63) is 17.2 Å². The van der Waals surface area contributed by atoms with Gasteiger partial charge in [-0.05, 0) is 37.9 Å². The molecule has 0 aromatic carbocycles. The van der Waals surface area contributed by atoms with Crippen molar-refractivity contribution in [3.63, 3.8) is 0 Å². The first kappa shape index (κ1) is 8.05. The highest BCUT2D eigenvalue weighted by atomic mass is 32.1. The van der Waals surface area contributed by atoms with E-state index in [4.69, 9.17) is 12.2 Å². The molecule has 0 radical (unpaired) electrons. The molecule has 2 rings (SSSR count). The number of rotatable bonds is 2. The molecule has 1 aromatic rings. The van der Waals surface area contributed by atoms with Gasteiger partial charge in [0.1, 0.15) is 0 Å². The molecule has 0 atom stereocenters. The third kappa shape index (κ3) is 0.959. The van der Waals surface area contributed by atoms with Gasteiger partial charge in [-0.15, -0.1) is 0 Å². The molecule has 1 aromatic heterocycles. The van der Waals surface area contributed by atoms with Crippen LogP contribution in [0.5, 0.6) is 0 Å². The van der Waals surface area contributed by atoms with Crippen LogP contribution in [-0.4, -0.2) is 9.55 Å². The van der Waals surface area contributed by atoms with Crippen LogP contribution in [0.3, 0.4) is 0 Å². The van der Waals surface area contributed by atoms with Crippen molar-refractivity contribution in [2.24, 2.45) is 0 Å². The second-order valence-corrected chi connectivity index (χ2v) is 3.95. The van der Waals surface area contributed by atoms with Crippen LogP contribution in [0.2, 0.25) is 0 Å². The summed E-state index contributed by atoms with van der Waals surface area (Å²) in [4.78, 5) is 3.05. The number of aromatic amines is 1.